The fourth-order valence-corrected chi connectivity index (χ4v) is 3.51. The van der Waals surface area contributed by atoms with E-state index in [4.69, 9.17) is 9.47 Å². The highest BCUT2D eigenvalue weighted by atomic mass is 32.2. The molecule has 1 heterocycles. The molecular formula is C13H19NO6S. The molecule has 1 aromatic rings. The van der Waals surface area contributed by atoms with Crippen LogP contribution in [0.15, 0.2) is 12.3 Å². The highest BCUT2D eigenvalue weighted by Gasteiger charge is 2.25. The molecule has 0 aromatic carbocycles. The fraction of sp³-hybridized carbons (Fsp3) is 0.538. The van der Waals surface area contributed by atoms with E-state index >= 15 is 0 Å². The first-order valence-corrected chi connectivity index (χ1v) is 8.00. The summed E-state index contributed by atoms with van der Waals surface area (Å²) in [6.07, 6.45) is 1.44. The molecule has 0 radical (unpaired) electrons. The van der Waals surface area contributed by atoms with Gasteiger partial charge in [-0.1, -0.05) is 6.92 Å². The van der Waals surface area contributed by atoms with Crippen molar-refractivity contribution in [1.29, 1.82) is 0 Å². The Hall–Kier alpha value is -1.83. The molecule has 0 N–H and O–H groups in total. The van der Waals surface area contributed by atoms with Crippen LogP contribution in [-0.2, 0) is 25.1 Å². The SMILES string of the molecule is COC(=O)C(C)CS(=O)(=O)Cc1nccc(OC)c1OC. The second-order valence-corrected chi connectivity index (χ2v) is 6.58. The summed E-state index contributed by atoms with van der Waals surface area (Å²) in [7, 11) is 0.538. The van der Waals surface area contributed by atoms with Gasteiger partial charge in [0.05, 0.1) is 38.8 Å². The van der Waals surface area contributed by atoms with Crippen molar-refractivity contribution in [2.45, 2.75) is 12.7 Å². The highest BCUT2D eigenvalue weighted by molar-refractivity contribution is 7.90. The van der Waals surface area contributed by atoms with Crippen molar-refractivity contribution >= 4 is 15.8 Å². The van der Waals surface area contributed by atoms with Crippen LogP contribution in [0.5, 0.6) is 11.5 Å². The maximum Gasteiger partial charge on any atom is 0.309 e. The molecular weight excluding hydrogens is 298 g/mol. The van der Waals surface area contributed by atoms with Crippen molar-refractivity contribution < 1.29 is 27.4 Å². The first kappa shape index (κ1) is 17.2. The van der Waals surface area contributed by atoms with Gasteiger partial charge in [0.2, 0.25) is 0 Å². The minimum Gasteiger partial charge on any atom is -0.493 e. The molecule has 118 valence electrons. The molecule has 8 heteroatoms. The molecule has 1 unspecified atom stereocenters. The van der Waals surface area contributed by atoms with Crippen LogP contribution >= 0.6 is 0 Å². The minimum atomic E-state index is -3.55. The molecule has 0 spiro atoms. The molecule has 21 heavy (non-hydrogen) atoms. The van der Waals surface area contributed by atoms with E-state index in [1.54, 1.807) is 6.07 Å². The second kappa shape index (κ2) is 7.26. The van der Waals surface area contributed by atoms with E-state index in [-0.39, 0.29) is 22.9 Å². The predicted octanol–water partition coefficient (Wildman–Crippen LogP) is 0.823. The number of nitrogens with zero attached hydrogens (tertiary/aromatic N) is 1. The summed E-state index contributed by atoms with van der Waals surface area (Å²) in [4.78, 5) is 15.3. The van der Waals surface area contributed by atoms with Crippen LogP contribution in [0.4, 0.5) is 0 Å². The van der Waals surface area contributed by atoms with E-state index in [1.165, 1.54) is 34.4 Å². The van der Waals surface area contributed by atoms with Crippen LogP contribution in [0.3, 0.4) is 0 Å². The van der Waals surface area contributed by atoms with E-state index in [1.807, 2.05) is 0 Å². The average Bonchev–Trinajstić information content (AvgIpc) is 2.44. The molecule has 0 aliphatic rings. The number of pyridine rings is 1. The first-order valence-electron chi connectivity index (χ1n) is 6.18. The van der Waals surface area contributed by atoms with Crippen molar-refractivity contribution in [3.05, 3.63) is 18.0 Å². The standard InChI is InChI=1S/C13H19NO6S/c1-9(13(15)20-4)7-21(16,17)8-10-12(19-3)11(18-2)5-6-14-10/h5-6,9H,7-8H2,1-4H3. The van der Waals surface area contributed by atoms with E-state index in [9.17, 15) is 13.2 Å². The number of carbonyl (C=O) groups is 1. The third kappa shape index (κ3) is 4.59. The molecule has 0 amide bonds. The fourth-order valence-electron chi connectivity index (χ4n) is 1.87. The average molecular weight is 317 g/mol. The lowest BCUT2D eigenvalue weighted by Crippen LogP contribution is -2.23. The van der Waals surface area contributed by atoms with Gasteiger partial charge in [0.1, 0.15) is 5.69 Å². The number of esters is 1. The number of hydrogen-bond acceptors (Lipinski definition) is 7. The Balaban J connectivity index is 2.97. The molecule has 1 rings (SSSR count). The highest BCUT2D eigenvalue weighted by Crippen LogP contribution is 2.30. The summed E-state index contributed by atoms with van der Waals surface area (Å²) >= 11 is 0. The number of carbonyl (C=O) groups excluding carboxylic acids is 1. The zero-order valence-corrected chi connectivity index (χ0v) is 13.3. The Kier molecular flexibility index (Phi) is 5.95. The summed E-state index contributed by atoms with van der Waals surface area (Å²) in [6.45, 7) is 1.50. The lowest BCUT2D eigenvalue weighted by molar-refractivity contribution is -0.144. The largest absolute Gasteiger partial charge is 0.493 e. The first-order chi connectivity index (χ1) is 9.84. The summed E-state index contributed by atoms with van der Waals surface area (Å²) in [5, 5.41) is 0. The van der Waals surface area contributed by atoms with Crippen molar-refractivity contribution in [2.75, 3.05) is 27.1 Å². The second-order valence-electron chi connectivity index (χ2n) is 4.47. The van der Waals surface area contributed by atoms with Gasteiger partial charge in [0.25, 0.3) is 0 Å². The van der Waals surface area contributed by atoms with Crippen LogP contribution in [-0.4, -0.2) is 46.5 Å². The Morgan fingerprint density at radius 1 is 1.29 bits per heavy atom. The van der Waals surface area contributed by atoms with E-state index in [0.717, 1.165) is 0 Å². The number of rotatable bonds is 7. The van der Waals surface area contributed by atoms with Crippen LogP contribution in [0.2, 0.25) is 0 Å². The maximum absolute atomic E-state index is 12.2. The summed E-state index contributed by atoms with van der Waals surface area (Å²) < 4.78 is 39.1. The van der Waals surface area contributed by atoms with Gasteiger partial charge in [-0.2, -0.15) is 0 Å². The Morgan fingerprint density at radius 3 is 2.48 bits per heavy atom. The molecule has 1 aromatic heterocycles. The van der Waals surface area contributed by atoms with Gasteiger partial charge in [-0.25, -0.2) is 8.42 Å². The number of aromatic nitrogens is 1. The summed E-state index contributed by atoms with van der Waals surface area (Å²) in [5.74, 6) is -1.29. The van der Waals surface area contributed by atoms with Crippen molar-refractivity contribution in [2.24, 2.45) is 5.92 Å². The Labute approximate surface area is 124 Å². The van der Waals surface area contributed by atoms with E-state index in [0.29, 0.717) is 5.75 Å². The molecule has 1 atom stereocenters. The summed E-state index contributed by atoms with van der Waals surface area (Å²) in [6, 6.07) is 1.58. The number of sulfone groups is 1. The number of ether oxygens (including phenoxy) is 3. The monoisotopic (exact) mass is 317 g/mol. The van der Waals surface area contributed by atoms with Gasteiger partial charge in [-0.15, -0.1) is 0 Å². The quantitative estimate of drug-likeness (QED) is 0.687. The zero-order valence-electron chi connectivity index (χ0n) is 12.5. The van der Waals surface area contributed by atoms with E-state index < -0.39 is 21.7 Å². The maximum atomic E-state index is 12.2. The van der Waals surface area contributed by atoms with Gasteiger partial charge < -0.3 is 14.2 Å². The van der Waals surface area contributed by atoms with Crippen LogP contribution in [0.1, 0.15) is 12.6 Å². The van der Waals surface area contributed by atoms with E-state index in [2.05, 4.69) is 9.72 Å². The molecule has 0 fully saturated rings. The van der Waals surface area contributed by atoms with Crippen molar-refractivity contribution in [1.82, 2.24) is 4.98 Å². The summed E-state index contributed by atoms with van der Waals surface area (Å²) in [5.41, 5.74) is 0.244. The lowest BCUT2D eigenvalue weighted by atomic mass is 10.2. The molecule has 0 saturated heterocycles. The molecule has 0 bridgehead atoms. The number of hydrogen-bond donors (Lipinski definition) is 0. The van der Waals surface area contributed by atoms with Crippen molar-refractivity contribution in [3.8, 4) is 11.5 Å². The Bertz CT molecular complexity index is 599. The normalized spacial score (nSPS) is 12.6. The van der Waals surface area contributed by atoms with Crippen LogP contribution in [0, 0.1) is 5.92 Å². The molecule has 0 aliphatic heterocycles. The van der Waals surface area contributed by atoms with Crippen LogP contribution in [0.25, 0.3) is 0 Å². The molecule has 0 saturated carbocycles. The molecule has 7 nitrogen and oxygen atoms in total. The topological polar surface area (TPSA) is 91.8 Å². The third-order valence-electron chi connectivity index (χ3n) is 2.83. The molecule has 0 aliphatic carbocycles. The third-order valence-corrected chi connectivity index (χ3v) is 4.55. The van der Waals surface area contributed by atoms with Gasteiger partial charge >= 0.3 is 5.97 Å². The lowest BCUT2D eigenvalue weighted by Gasteiger charge is -2.13. The van der Waals surface area contributed by atoms with Gasteiger partial charge in [0, 0.05) is 12.3 Å². The number of methoxy groups -OCH3 is 3. The van der Waals surface area contributed by atoms with Gasteiger partial charge in [-0.05, 0) is 0 Å². The van der Waals surface area contributed by atoms with Crippen LogP contribution < -0.4 is 9.47 Å². The van der Waals surface area contributed by atoms with Gasteiger partial charge in [0.15, 0.2) is 21.3 Å². The predicted molar refractivity (Wildman–Crippen MR) is 76.0 cm³/mol. The Morgan fingerprint density at radius 2 is 1.95 bits per heavy atom. The van der Waals surface area contributed by atoms with Gasteiger partial charge in [-0.3, -0.25) is 9.78 Å². The minimum absolute atomic E-state index is 0.244. The zero-order chi connectivity index (χ0) is 16.0. The van der Waals surface area contributed by atoms with Crippen molar-refractivity contribution in [3.63, 3.8) is 0 Å². The smallest absolute Gasteiger partial charge is 0.309 e.